The summed E-state index contributed by atoms with van der Waals surface area (Å²) in [5.74, 6) is 0.761. The van der Waals surface area contributed by atoms with E-state index in [0.717, 1.165) is 4.90 Å². The quantitative estimate of drug-likeness (QED) is 0.641. The van der Waals surface area contributed by atoms with Gasteiger partial charge >= 0.3 is 6.03 Å². The molecular weight excluding hydrogens is 407 g/mol. The van der Waals surface area contributed by atoms with Gasteiger partial charge in [-0.15, -0.1) is 10.2 Å². The molecule has 4 rings (SSSR count). The third-order valence-electron chi connectivity index (χ3n) is 4.43. The number of carbonyl (C=O) groups excluding carboxylic acids is 2. The average molecular weight is 421 g/mol. The van der Waals surface area contributed by atoms with Gasteiger partial charge in [0.2, 0.25) is 11.8 Å². The Bertz CT molecular complexity index is 1090. The first-order valence-corrected chi connectivity index (χ1v) is 9.02. The average Bonchev–Trinajstić information content (AvgIpc) is 3.32. The number of aryl methyl sites for hydroxylation is 1. The van der Waals surface area contributed by atoms with E-state index in [2.05, 4.69) is 15.5 Å². The summed E-state index contributed by atoms with van der Waals surface area (Å²) in [6.07, 6.45) is 0. The van der Waals surface area contributed by atoms with Crippen molar-refractivity contribution in [1.82, 2.24) is 20.4 Å². The van der Waals surface area contributed by atoms with Crippen LogP contribution in [0.2, 0.25) is 10.0 Å². The Hall–Kier alpha value is -2.84. The van der Waals surface area contributed by atoms with Crippen LogP contribution >= 0.6 is 23.2 Å². The Kier molecular flexibility index (Phi) is 4.40. The third-order valence-corrected chi connectivity index (χ3v) is 4.98. The molecule has 1 fully saturated rings. The smallest absolute Gasteiger partial charge is 0.325 e. The molecule has 28 heavy (non-hydrogen) atoms. The molecule has 3 aromatic rings. The zero-order valence-corrected chi connectivity index (χ0v) is 16.3. The van der Waals surface area contributed by atoms with Crippen LogP contribution in [0.25, 0.3) is 11.5 Å². The second-order valence-corrected chi connectivity index (χ2v) is 7.33. The molecule has 1 unspecified atom stereocenters. The fourth-order valence-electron chi connectivity index (χ4n) is 2.94. The summed E-state index contributed by atoms with van der Waals surface area (Å²) in [6.45, 7) is 3.16. The molecule has 0 saturated carbocycles. The van der Waals surface area contributed by atoms with Gasteiger partial charge in [-0.3, -0.25) is 9.69 Å². The highest BCUT2D eigenvalue weighted by molar-refractivity contribution is 6.36. The van der Waals surface area contributed by atoms with E-state index in [1.807, 2.05) is 0 Å². The van der Waals surface area contributed by atoms with Crippen molar-refractivity contribution in [3.63, 3.8) is 0 Å². The number of aromatic nitrogens is 2. The molecule has 10 heteroatoms. The minimum atomic E-state index is -1.30. The molecule has 1 aromatic carbocycles. The molecule has 2 aromatic heterocycles. The highest BCUT2D eigenvalue weighted by atomic mass is 35.5. The van der Waals surface area contributed by atoms with Crippen LogP contribution in [0, 0.1) is 6.92 Å². The van der Waals surface area contributed by atoms with Crippen LogP contribution in [0.15, 0.2) is 39.2 Å². The van der Waals surface area contributed by atoms with Gasteiger partial charge in [-0.2, -0.15) is 0 Å². The summed E-state index contributed by atoms with van der Waals surface area (Å²) in [6, 6.07) is 7.64. The number of hydrogen-bond donors (Lipinski definition) is 1. The van der Waals surface area contributed by atoms with E-state index in [1.54, 1.807) is 44.2 Å². The van der Waals surface area contributed by atoms with E-state index in [0.29, 0.717) is 27.1 Å². The molecule has 1 aliphatic rings. The molecule has 0 radical (unpaired) electrons. The van der Waals surface area contributed by atoms with Crippen LogP contribution in [0.5, 0.6) is 0 Å². The molecular formula is C18H14Cl2N4O4. The Morgan fingerprint density at radius 2 is 1.93 bits per heavy atom. The number of benzene rings is 1. The van der Waals surface area contributed by atoms with Crippen LogP contribution in [0.4, 0.5) is 4.79 Å². The van der Waals surface area contributed by atoms with Crippen molar-refractivity contribution in [2.24, 2.45) is 0 Å². The van der Waals surface area contributed by atoms with Crippen molar-refractivity contribution in [2.45, 2.75) is 25.9 Å². The van der Waals surface area contributed by atoms with Gasteiger partial charge in [-0.1, -0.05) is 23.2 Å². The van der Waals surface area contributed by atoms with Gasteiger partial charge in [0.05, 0.1) is 10.6 Å². The maximum Gasteiger partial charge on any atom is 0.325 e. The van der Waals surface area contributed by atoms with Crippen LogP contribution in [0.1, 0.15) is 24.3 Å². The van der Waals surface area contributed by atoms with E-state index in [-0.39, 0.29) is 18.3 Å². The number of rotatable bonds is 4. The van der Waals surface area contributed by atoms with Crippen LogP contribution in [0.3, 0.4) is 0 Å². The first-order chi connectivity index (χ1) is 13.3. The van der Waals surface area contributed by atoms with Crippen LogP contribution in [-0.4, -0.2) is 27.0 Å². The molecule has 0 bridgehead atoms. The lowest BCUT2D eigenvalue weighted by atomic mass is 9.99. The van der Waals surface area contributed by atoms with E-state index >= 15 is 0 Å². The lowest BCUT2D eigenvalue weighted by Crippen LogP contribution is -2.40. The van der Waals surface area contributed by atoms with Crippen molar-refractivity contribution in [3.05, 3.63) is 57.8 Å². The summed E-state index contributed by atoms with van der Waals surface area (Å²) < 4.78 is 11.1. The highest BCUT2D eigenvalue weighted by Crippen LogP contribution is 2.32. The summed E-state index contributed by atoms with van der Waals surface area (Å²) in [5.41, 5.74) is -0.800. The van der Waals surface area contributed by atoms with E-state index in [1.165, 1.54) is 0 Å². The van der Waals surface area contributed by atoms with Gasteiger partial charge in [-0.05, 0) is 44.2 Å². The molecule has 1 atom stereocenters. The number of urea groups is 1. The molecule has 144 valence electrons. The van der Waals surface area contributed by atoms with Gasteiger partial charge in [-0.25, -0.2) is 4.79 Å². The zero-order valence-electron chi connectivity index (χ0n) is 14.8. The monoisotopic (exact) mass is 420 g/mol. The van der Waals surface area contributed by atoms with Gasteiger partial charge in [0.25, 0.3) is 5.91 Å². The Morgan fingerprint density at radius 3 is 2.61 bits per heavy atom. The fraction of sp³-hybridized carbons (Fsp3) is 0.222. The van der Waals surface area contributed by atoms with Gasteiger partial charge < -0.3 is 14.2 Å². The first kappa shape index (κ1) is 18.5. The molecule has 1 saturated heterocycles. The summed E-state index contributed by atoms with van der Waals surface area (Å²) in [4.78, 5) is 26.3. The topological polar surface area (TPSA) is 101 Å². The van der Waals surface area contributed by atoms with Crippen molar-refractivity contribution in [3.8, 4) is 11.5 Å². The third kappa shape index (κ3) is 3.04. The van der Waals surface area contributed by atoms with Gasteiger partial charge in [0, 0.05) is 5.02 Å². The molecule has 3 heterocycles. The van der Waals surface area contributed by atoms with Crippen LogP contribution < -0.4 is 5.32 Å². The number of nitrogens with one attached hydrogen (secondary N) is 1. The number of nitrogens with zero attached hydrogens (tertiary/aromatic N) is 3. The Balaban J connectivity index is 1.57. The number of carbonyl (C=O) groups is 2. The van der Waals surface area contributed by atoms with Crippen LogP contribution in [-0.2, 0) is 16.9 Å². The number of hydrogen-bond acceptors (Lipinski definition) is 6. The number of halogens is 2. The van der Waals surface area contributed by atoms with Crippen molar-refractivity contribution >= 4 is 35.1 Å². The molecule has 1 aliphatic heterocycles. The molecule has 0 spiro atoms. The molecule has 8 nitrogen and oxygen atoms in total. The standard InChI is InChI=1S/C18H14Cl2N4O4/c1-9-3-6-13(27-9)18(2)16(25)24(17(26)21-18)8-14-22-23-15(28-14)11-5-4-10(19)7-12(11)20/h3-7H,8H2,1-2H3,(H,21,26). The van der Waals surface area contributed by atoms with E-state index in [9.17, 15) is 9.59 Å². The summed E-state index contributed by atoms with van der Waals surface area (Å²) >= 11 is 12.0. The van der Waals surface area contributed by atoms with Crippen molar-refractivity contribution in [2.75, 3.05) is 0 Å². The minimum Gasteiger partial charge on any atom is -0.463 e. The number of amides is 3. The normalized spacial score (nSPS) is 19.4. The molecule has 1 N–H and O–H groups in total. The lowest BCUT2D eigenvalue weighted by Gasteiger charge is -2.18. The Labute approximate surface area is 169 Å². The summed E-state index contributed by atoms with van der Waals surface area (Å²) in [7, 11) is 0. The lowest BCUT2D eigenvalue weighted by molar-refractivity contribution is -0.132. The highest BCUT2D eigenvalue weighted by Gasteiger charge is 2.51. The SMILES string of the molecule is Cc1ccc(C2(C)NC(=O)N(Cc3nnc(-c4ccc(Cl)cc4Cl)o3)C2=O)o1. The van der Waals surface area contributed by atoms with E-state index in [4.69, 9.17) is 32.0 Å². The minimum absolute atomic E-state index is 0.0874. The largest absolute Gasteiger partial charge is 0.463 e. The van der Waals surface area contributed by atoms with Crippen molar-refractivity contribution < 1.29 is 18.4 Å². The number of imide groups is 1. The Morgan fingerprint density at radius 1 is 1.14 bits per heavy atom. The predicted molar refractivity (Wildman–Crippen MR) is 99.6 cm³/mol. The fourth-order valence-corrected chi connectivity index (χ4v) is 3.42. The van der Waals surface area contributed by atoms with Gasteiger partial charge in [0.15, 0.2) is 5.54 Å². The van der Waals surface area contributed by atoms with Crippen molar-refractivity contribution in [1.29, 1.82) is 0 Å². The predicted octanol–water partition coefficient (Wildman–Crippen LogP) is 3.91. The second kappa shape index (κ2) is 6.65. The first-order valence-electron chi connectivity index (χ1n) is 8.27. The summed E-state index contributed by atoms with van der Waals surface area (Å²) in [5, 5.41) is 11.3. The van der Waals surface area contributed by atoms with Gasteiger partial charge in [0.1, 0.15) is 18.1 Å². The second-order valence-electron chi connectivity index (χ2n) is 6.48. The van der Waals surface area contributed by atoms with E-state index < -0.39 is 17.5 Å². The molecule has 0 aliphatic carbocycles. The maximum atomic E-state index is 12.9. The maximum absolute atomic E-state index is 12.9. The molecule has 3 amide bonds. The zero-order chi connectivity index (χ0) is 20.1. The number of furan rings is 1.